The van der Waals surface area contributed by atoms with E-state index in [9.17, 15) is 0 Å². The van der Waals surface area contributed by atoms with E-state index in [1.54, 1.807) is 0 Å². The van der Waals surface area contributed by atoms with E-state index < -0.39 is 9.07 Å². The van der Waals surface area contributed by atoms with E-state index in [1.807, 2.05) is 0 Å². The SMILES string of the molecule is O=S12(c3ccccc3-c3cc(N4c5ccccc5B(c5ccccc5)c5ccccc54)ccc31)c1ccccc1-c1cc(N3c4ccccc4B(c4ccccc4)c4ccccc43)ccc12. The van der Waals surface area contributed by atoms with Gasteiger partial charge in [0.25, 0.3) is 0 Å². The van der Waals surface area contributed by atoms with Crippen LogP contribution < -0.4 is 42.6 Å². The molecule has 0 N–H and O–H groups in total. The molecular weight excluding hydrogens is 818 g/mol. The third-order valence-corrected chi connectivity index (χ3v) is 19.5. The Hall–Kier alpha value is -7.92. The van der Waals surface area contributed by atoms with Crippen molar-refractivity contribution in [2.75, 3.05) is 9.80 Å². The number of nitrogens with zero attached hydrogens (tertiary/aromatic N) is 2. The lowest BCUT2D eigenvalue weighted by Gasteiger charge is -2.40. The normalized spacial score (nSPS) is 15.5. The average molecular weight is 859 g/mol. The molecule has 0 unspecified atom stereocenters. The average Bonchev–Trinajstić information content (AvgIpc) is 3.77. The molecule has 10 aromatic carbocycles. The summed E-state index contributed by atoms with van der Waals surface area (Å²) in [7, 11) is -4.14. The summed E-state index contributed by atoms with van der Waals surface area (Å²) < 4.78 is 17.8. The summed E-state index contributed by atoms with van der Waals surface area (Å²) >= 11 is 0. The van der Waals surface area contributed by atoms with Crippen molar-refractivity contribution < 1.29 is 4.21 Å². The summed E-state index contributed by atoms with van der Waals surface area (Å²) in [5.41, 5.74) is 18.3. The number of para-hydroxylation sites is 4. The van der Waals surface area contributed by atoms with Gasteiger partial charge in [0.05, 0.1) is 0 Å². The van der Waals surface area contributed by atoms with Crippen molar-refractivity contribution in [1.82, 2.24) is 0 Å². The van der Waals surface area contributed by atoms with Gasteiger partial charge < -0.3 is 9.80 Å². The van der Waals surface area contributed by atoms with E-state index in [0.29, 0.717) is 0 Å². The van der Waals surface area contributed by atoms with Gasteiger partial charge in [0.1, 0.15) is 0 Å². The molecule has 4 heterocycles. The zero-order valence-electron chi connectivity index (χ0n) is 36.0. The fraction of sp³-hybridized carbons (Fsp3) is 0. The molecular formula is C60H40B2N2OS. The Bertz CT molecular complexity index is 3380. The molecule has 0 fully saturated rings. The highest BCUT2D eigenvalue weighted by atomic mass is 32.3. The molecule has 14 rings (SSSR count). The Morgan fingerprint density at radius 2 is 0.591 bits per heavy atom. The Labute approximate surface area is 385 Å². The number of rotatable bonds is 4. The molecule has 1 spiro atoms. The van der Waals surface area contributed by atoms with E-state index >= 15 is 4.21 Å². The van der Waals surface area contributed by atoms with Crippen molar-refractivity contribution in [2.45, 2.75) is 19.6 Å². The predicted octanol–water partition coefficient (Wildman–Crippen LogP) is 10.6. The monoisotopic (exact) mass is 858 g/mol. The van der Waals surface area contributed by atoms with Gasteiger partial charge in [0.15, 0.2) is 0 Å². The van der Waals surface area contributed by atoms with E-state index in [4.69, 9.17) is 0 Å². The topological polar surface area (TPSA) is 23.6 Å². The zero-order chi connectivity index (χ0) is 43.6. The minimum atomic E-state index is -4.14. The van der Waals surface area contributed by atoms with Crippen molar-refractivity contribution in [3.05, 3.63) is 243 Å². The molecule has 308 valence electrons. The van der Waals surface area contributed by atoms with Crippen molar-refractivity contribution in [3.63, 3.8) is 0 Å². The second-order valence-corrected chi connectivity index (χ2v) is 21.5. The zero-order valence-corrected chi connectivity index (χ0v) is 36.8. The van der Waals surface area contributed by atoms with Crippen molar-refractivity contribution in [2.24, 2.45) is 0 Å². The van der Waals surface area contributed by atoms with E-state index in [0.717, 1.165) is 76.0 Å². The van der Waals surface area contributed by atoms with Crippen LogP contribution in [0.15, 0.2) is 262 Å². The van der Waals surface area contributed by atoms with Crippen molar-refractivity contribution in [1.29, 1.82) is 0 Å². The molecule has 4 aliphatic rings. The second-order valence-electron chi connectivity index (χ2n) is 17.9. The van der Waals surface area contributed by atoms with Crippen LogP contribution in [-0.2, 0) is 9.07 Å². The molecule has 6 heteroatoms. The van der Waals surface area contributed by atoms with Gasteiger partial charge in [-0.2, -0.15) is 0 Å². The predicted molar refractivity (Wildman–Crippen MR) is 277 cm³/mol. The van der Waals surface area contributed by atoms with Gasteiger partial charge >= 0.3 is 0 Å². The molecule has 0 aromatic heterocycles. The number of anilines is 6. The Balaban J connectivity index is 0.969. The molecule has 0 saturated heterocycles. The van der Waals surface area contributed by atoms with Gasteiger partial charge in [-0.05, 0) is 106 Å². The molecule has 0 saturated carbocycles. The van der Waals surface area contributed by atoms with Crippen LogP contribution in [0.5, 0.6) is 0 Å². The minimum absolute atomic E-state index is 0.0949. The Morgan fingerprint density at radius 1 is 0.288 bits per heavy atom. The molecule has 10 aromatic rings. The fourth-order valence-corrected chi connectivity index (χ4v) is 17.2. The molecule has 0 bridgehead atoms. The van der Waals surface area contributed by atoms with Crippen LogP contribution in [0.25, 0.3) is 22.3 Å². The van der Waals surface area contributed by atoms with E-state index in [2.05, 4.69) is 252 Å². The highest BCUT2D eigenvalue weighted by molar-refractivity contribution is 8.21. The lowest BCUT2D eigenvalue weighted by atomic mass is 9.35. The van der Waals surface area contributed by atoms with E-state index in [-0.39, 0.29) is 13.4 Å². The second kappa shape index (κ2) is 13.8. The first kappa shape index (κ1) is 37.5. The maximum atomic E-state index is 17.8. The highest BCUT2D eigenvalue weighted by Gasteiger charge is 2.57. The molecule has 0 aliphatic carbocycles. The summed E-state index contributed by atoms with van der Waals surface area (Å²) in [5.74, 6) is 0. The first-order valence-electron chi connectivity index (χ1n) is 22.8. The standard InChI is InChI=1S/C60H40B2N2OS/c65-66(57-33-17-7-23-45(57)47-39-43(35-37-59(47)66)63-53-29-13-9-25-49(53)61(41-19-3-1-4-20-41)50-26-10-14-30-54(50)63)58-34-18-8-24-46(58)48-40-44(36-38-60(48)66)64-55-31-15-11-27-51(55)62(42-21-5-2-6-22-42)52-28-12-16-32-56(52)64/h1-40H. The smallest absolute Gasteiger partial charge is 0.246 e. The molecule has 0 amide bonds. The van der Waals surface area contributed by atoms with Gasteiger partial charge in [-0.25, -0.2) is 0 Å². The lowest BCUT2D eigenvalue weighted by molar-refractivity contribution is 0.658. The Morgan fingerprint density at radius 3 is 0.970 bits per heavy atom. The summed E-state index contributed by atoms with van der Waals surface area (Å²) in [6.07, 6.45) is 0. The molecule has 3 nitrogen and oxygen atoms in total. The number of fused-ring (bicyclic) bond motifs is 14. The molecule has 4 aliphatic heterocycles. The number of benzene rings is 10. The van der Waals surface area contributed by atoms with E-state index in [1.165, 1.54) is 32.8 Å². The third-order valence-electron chi connectivity index (χ3n) is 14.7. The summed E-state index contributed by atoms with van der Waals surface area (Å²) in [6, 6.07) is 87.2. The third kappa shape index (κ3) is 4.81. The highest BCUT2D eigenvalue weighted by Crippen LogP contribution is 2.71. The van der Waals surface area contributed by atoms with Crippen LogP contribution in [0.1, 0.15) is 0 Å². The Kier molecular flexibility index (Phi) is 7.83. The van der Waals surface area contributed by atoms with Gasteiger partial charge in [-0.3, -0.25) is 4.21 Å². The summed E-state index contributed by atoms with van der Waals surface area (Å²) in [5, 5.41) is 0. The minimum Gasteiger partial charge on any atom is -0.311 e. The van der Waals surface area contributed by atoms with Gasteiger partial charge in [0.2, 0.25) is 13.4 Å². The molecule has 66 heavy (non-hydrogen) atoms. The first-order valence-corrected chi connectivity index (χ1v) is 24.8. The fourth-order valence-electron chi connectivity index (χ4n) is 12.1. The first-order chi connectivity index (χ1) is 32.6. The van der Waals surface area contributed by atoms with Crippen molar-refractivity contribution in [3.8, 4) is 22.3 Å². The van der Waals surface area contributed by atoms with Gasteiger partial charge in [-0.1, -0.05) is 181 Å². The largest absolute Gasteiger partial charge is 0.311 e. The van der Waals surface area contributed by atoms with Crippen LogP contribution in [0, 0.1) is 0 Å². The lowest BCUT2D eigenvalue weighted by Crippen LogP contribution is -2.57. The van der Waals surface area contributed by atoms with Crippen molar-refractivity contribution >= 4 is 89.4 Å². The maximum Gasteiger partial charge on any atom is 0.246 e. The summed E-state index contributed by atoms with van der Waals surface area (Å²) in [6.45, 7) is 0.190. The maximum absolute atomic E-state index is 17.8. The number of hydrogen-bond acceptors (Lipinski definition) is 3. The van der Waals surface area contributed by atoms with Crippen LogP contribution >= 0.6 is 0 Å². The molecule has 0 atom stereocenters. The van der Waals surface area contributed by atoms with Crippen LogP contribution in [-0.4, -0.2) is 17.6 Å². The number of hydrogen-bond donors (Lipinski definition) is 0. The van der Waals surface area contributed by atoms with Gasteiger partial charge in [0, 0.05) is 73.9 Å². The van der Waals surface area contributed by atoms with Crippen LogP contribution in [0.3, 0.4) is 0 Å². The van der Waals surface area contributed by atoms with Crippen LogP contribution in [0.4, 0.5) is 34.1 Å². The van der Waals surface area contributed by atoms with Crippen LogP contribution in [0.2, 0.25) is 0 Å². The molecule has 0 radical (unpaired) electrons. The summed E-state index contributed by atoms with van der Waals surface area (Å²) in [4.78, 5) is 8.32. The van der Waals surface area contributed by atoms with Gasteiger partial charge in [-0.15, -0.1) is 0 Å². The quantitative estimate of drug-likeness (QED) is 0.165.